The first kappa shape index (κ1) is 28.9. The fourth-order valence-corrected chi connectivity index (χ4v) is 2.25. The van der Waals surface area contributed by atoms with E-state index in [9.17, 15) is 10.2 Å². The fourth-order valence-electron chi connectivity index (χ4n) is 2.25. The average molecular weight is 464 g/mol. The molecule has 0 atom stereocenters. The van der Waals surface area contributed by atoms with Crippen molar-refractivity contribution in [3.63, 3.8) is 0 Å². The predicted octanol–water partition coefficient (Wildman–Crippen LogP) is 7.34. The van der Waals surface area contributed by atoms with Crippen LogP contribution < -0.4 is 0 Å². The number of halogens is 2. The van der Waals surface area contributed by atoms with Gasteiger partial charge < -0.3 is 10.2 Å². The van der Waals surface area contributed by atoms with E-state index >= 15 is 0 Å². The van der Waals surface area contributed by atoms with Crippen molar-refractivity contribution in [2.45, 2.75) is 83.1 Å². The van der Waals surface area contributed by atoms with Crippen molar-refractivity contribution < 1.29 is 26.2 Å². The van der Waals surface area contributed by atoms with Crippen LogP contribution in [0.3, 0.4) is 0 Å². The zero-order chi connectivity index (χ0) is 19.9. The van der Waals surface area contributed by atoms with Gasteiger partial charge in [-0.15, -0.1) is 21.7 Å². The molecule has 0 spiro atoms. The summed E-state index contributed by atoms with van der Waals surface area (Å²) in [5.74, 6) is 0. The maximum absolute atomic E-state index is 9.64. The predicted molar refractivity (Wildman–Crippen MR) is 99.9 cm³/mol. The Morgan fingerprint density at radius 1 is 0.522 bits per heavy atom. The minimum atomic E-state index is -0.106. The van der Waals surface area contributed by atoms with Gasteiger partial charge in [0.25, 0.3) is 0 Å². The molecule has 0 aromatic heterocycles. The quantitative estimate of drug-likeness (QED) is 0.291. The van der Waals surface area contributed by atoms with E-state index in [1.165, 1.54) is 0 Å². The topological polar surface area (TPSA) is 40.5 Å². The van der Waals surface area contributed by atoms with Crippen molar-refractivity contribution in [3.05, 3.63) is 12.2 Å². The standard InChI is InChI=1S/2C9H19O.2ClH.Pd/c2*1-8(2,3)7(10)9(4,5)6;;;/h2*10H,1-6H3;2*1H;/q2*-1;;;+2/p-2. The van der Waals surface area contributed by atoms with Gasteiger partial charge in [0.2, 0.25) is 0 Å². The number of hydrogen-bond acceptors (Lipinski definition) is 2. The maximum atomic E-state index is 9.64. The molecule has 2 nitrogen and oxygen atoms in total. The van der Waals surface area contributed by atoms with E-state index in [2.05, 4.69) is 0 Å². The summed E-state index contributed by atoms with van der Waals surface area (Å²) in [6.07, 6.45) is 1.14. The molecule has 0 rings (SSSR count). The molecule has 148 valence electrons. The van der Waals surface area contributed by atoms with Crippen LogP contribution in [0, 0.1) is 33.9 Å². The van der Waals surface area contributed by atoms with Gasteiger partial charge in [0.15, 0.2) is 0 Å². The molecule has 0 amide bonds. The molecule has 2 N–H and O–H groups in total. The van der Waals surface area contributed by atoms with E-state index in [4.69, 9.17) is 19.1 Å². The van der Waals surface area contributed by atoms with Gasteiger partial charge in [0.05, 0.1) is 0 Å². The zero-order valence-electron chi connectivity index (χ0n) is 17.0. The van der Waals surface area contributed by atoms with Gasteiger partial charge in [-0.2, -0.15) is 12.2 Å². The van der Waals surface area contributed by atoms with E-state index in [0.29, 0.717) is 12.2 Å². The normalized spacial score (nSPS) is 13.5. The number of hydrogen-bond donors (Lipinski definition) is 2. The van der Waals surface area contributed by atoms with Gasteiger partial charge in [-0.3, -0.25) is 0 Å². The van der Waals surface area contributed by atoms with Crippen LogP contribution in [0.25, 0.3) is 0 Å². The minimum absolute atomic E-state index is 0.0851. The van der Waals surface area contributed by atoms with Crippen LogP contribution >= 0.6 is 19.1 Å². The molecule has 0 aliphatic rings. The molecule has 0 aliphatic carbocycles. The van der Waals surface area contributed by atoms with Crippen LogP contribution in [0.2, 0.25) is 0 Å². The summed E-state index contributed by atoms with van der Waals surface area (Å²) in [6, 6.07) is 0. The number of aliphatic hydroxyl groups excluding tert-OH is 2. The summed E-state index contributed by atoms with van der Waals surface area (Å²) < 4.78 is 0. The third-order valence-corrected chi connectivity index (χ3v) is 2.84. The van der Waals surface area contributed by atoms with E-state index in [-0.39, 0.29) is 37.6 Å². The first-order valence-electron chi connectivity index (χ1n) is 7.69. The molecule has 0 aliphatic heterocycles. The molecule has 0 saturated carbocycles. The van der Waals surface area contributed by atoms with Crippen LogP contribution in [0.4, 0.5) is 0 Å². The van der Waals surface area contributed by atoms with E-state index < -0.39 is 0 Å². The van der Waals surface area contributed by atoms with Crippen LogP contribution in [0.5, 0.6) is 0 Å². The Labute approximate surface area is 161 Å². The molecule has 0 fully saturated rings. The van der Waals surface area contributed by atoms with Crippen molar-refractivity contribution in [1.29, 1.82) is 0 Å². The van der Waals surface area contributed by atoms with Gasteiger partial charge in [-0.1, -0.05) is 83.1 Å². The van der Waals surface area contributed by atoms with Crippen LogP contribution in [-0.2, 0) is 15.9 Å². The van der Waals surface area contributed by atoms with E-state index in [1.807, 2.05) is 83.1 Å². The monoisotopic (exact) mass is 462 g/mol. The van der Waals surface area contributed by atoms with Gasteiger partial charge >= 0.3 is 35.0 Å². The molecular formula is C18H38Cl2O2Pd-2. The van der Waals surface area contributed by atoms with Crippen molar-refractivity contribution in [2.75, 3.05) is 0 Å². The van der Waals surface area contributed by atoms with Crippen molar-refractivity contribution in [1.82, 2.24) is 0 Å². The second-order valence-corrected chi connectivity index (χ2v) is 12.1. The van der Waals surface area contributed by atoms with Gasteiger partial charge in [0.1, 0.15) is 0 Å². The SMILES string of the molecule is CC(C)(C)[C-](O)C(C)(C)C.CC(C)(C)[C-](O)C(C)(C)C.[Cl][Pd][Cl]. The Bertz CT molecular complexity index is 236. The van der Waals surface area contributed by atoms with Crippen molar-refractivity contribution >= 4 is 19.1 Å². The Balaban J connectivity index is -0.000000297. The Kier molecular flexibility index (Phi) is 13.8. The Hall–Kier alpha value is 1.16. The molecular weight excluding hydrogens is 426 g/mol. The second kappa shape index (κ2) is 11.0. The van der Waals surface area contributed by atoms with Gasteiger partial charge in [0, 0.05) is 0 Å². The van der Waals surface area contributed by atoms with Crippen LogP contribution in [0.15, 0.2) is 0 Å². The molecule has 0 bridgehead atoms. The fraction of sp³-hybridized carbons (Fsp3) is 0.889. The number of aliphatic hydroxyl groups is 2. The second-order valence-electron chi connectivity index (χ2n) is 9.74. The van der Waals surface area contributed by atoms with Gasteiger partial charge in [-0.05, 0) is 0 Å². The third kappa shape index (κ3) is 16.4. The summed E-state index contributed by atoms with van der Waals surface area (Å²) in [5, 5.41) is 19.3. The van der Waals surface area contributed by atoms with E-state index in [1.54, 1.807) is 0 Å². The molecule has 5 heteroatoms. The Morgan fingerprint density at radius 2 is 0.609 bits per heavy atom. The third-order valence-electron chi connectivity index (χ3n) is 2.84. The van der Waals surface area contributed by atoms with Crippen molar-refractivity contribution in [3.8, 4) is 0 Å². The molecule has 0 saturated heterocycles. The first-order valence-corrected chi connectivity index (χ1v) is 11.7. The molecule has 0 aromatic carbocycles. The van der Waals surface area contributed by atoms with Crippen LogP contribution in [-0.4, -0.2) is 10.2 Å². The first-order chi connectivity index (χ1) is 9.72. The average Bonchev–Trinajstić information content (AvgIpc) is 2.24. The van der Waals surface area contributed by atoms with E-state index in [0.717, 1.165) is 0 Å². The number of rotatable bonds is 0. The van der Waals surface area contributed by atoms with Gasteiger partial charge in [-0.25, -0.2) is 0 Å². The zero-order valence-corrected chi connectivity index (χ0v) is 20.0. The summed E-state index contributed by atoms with van der Waals surface area (Å²) in [5.41, 5.74) is -0.340. The summed E-state index contributed by atoms with van der Waals surface area (Å²) in [4.78, 5) is 0. The van der Waals surface area contributed by atoms with Crippen molar-refractivity contribution in [2.24, 2.45) is 21.7 Å². The summed E-state index contributed by atoms with van der Waals surface area (Å²) >= 11 is -0.106. The molecule has 0 heterocycles. The van der Waals surface area contributed by atoms with Crippen LogP contribution in [0.1, 0.15) is 83.1 Å². The molecule has 0 unspecified atom stereocenters. The summed E-state index contributed by atoms with van der Waals surface area (Å²) in [7, 11) is 9.63. The molecule has 23 heavy (non-hydrogen) atoms. The molecule has 0 aromatic rings. The molecule has 0 radical (unpaired) electrons. The summed E-state index contributed by atoms with van der Waals surface area (Å²) in [6.45, 7) is 24.3. The Morgan fingerprint density at radius 3 is 0.609 bits per heavy atom.